The maximum absolute atomic E-state index is 12.8. The number of thioether (sulfide) groups is 1. The number of anilines is 3. The van der Waals surface area contributed by atoms with Gasteiger partial charge in [-0.25, -0.2) is 4.79 Å². The summed E-state index contributed by atoms with van der Waals surface area (Å²) in [5, 5.41) is 7.89. The number of hydrogen-bond acceptors (Lipinski definition) is 6. The summed E-state index contributed by atoms with van der Waals surface area (Å²) in [5.41, 5.74) is 3.65. The van der Waals surface area contributed by atoms with Crippen LogP contribution in [0.5, 0.6) is 0 Å². The van der Waals surface area contributed by atoms with E-state index < -0.39 is 5.60 Å². The quantitative estimate of drug-likeness (QED) is 0.254. The van der Waals surface area contributed by atoms with Gasteiger partial charge in [0, 0.05) is 57.4 Å². The molecule has 2 heterocycles. The van der Waals surface area contributed by atoms with Crippen LogP contribution >= 0.6 is 11.8 Å². The predicted octanol–water partition coefficient (Wildman–Crippen LogP) is 7.72. The number of carbonyl (C=O) groups excluding carboxylic acids is 2. The zero-order valence-corrected chi connectivity index (χ0v) is 23.8. The lowest BCUT2D eigenvalue weighted by Crippen LogP contribution is -2.42. The SMILES string of the molecule is CC(C)(C)OC(=O)N1CCC(Sc2ccc(NC(=O)c3ccc(Nc4ccnc5ccccc45)cc3)cc2)CC1. The minimum Gasteiger partial charge on any atom is -0.444 e. The van der Waals surface area contributed by atoms with Crippen molar-refractivity contribution in [1.82, 2.24) is 9.88 Å². The van der Waals surface area contributed by atoms with Crippen molar-refractivity contribution in [3.05, 3.63) is 90.6 Å². The molecule has 7 nitrogen and oxygen atoms in total. The van der Waals surface area contributed by atoms with Gasteiger partial charge in [-0.15, -0.1) is 11.8 Å². The molecule has 0 saturated carbocycles. The van der Waals surface area contributed by atoms with Crippen molar-refractivity contribution in [2.45, 2.75) is 49.4 Å². The molecule has 40 heavy (non-hydrogen) atoms. The van der Waals surface area contributed by atoms with Gasteiger partial charge < -0.3 is 20.3 Å². The molecule has 1 aliphatic heterocycles. The molecule has 0 aliphatic carbocycles. The minimum atomic E-state index is -0.476. The average molecular weight is 555 g/mol. The van der Waals surface area contributed by atoms with Crippen molar-refractivity contribution in [3.8, 4) is 0 Å². The second-order valence-corrected chi connectivity index (χ2v) is 12.2. The number of carbonyl (C=O) groups is 2. The molecule has 2 N–H and O–H groups in total. The van der Waals surface area contributed by atoms with Crippen LogP contribution in [0.1, 0.15) is 44.0 Å². The number of nitrogens with one attached hydrogen (secondary N) is 2. The van der Waals surface area contributed by atoms with Crippen LogP contribution in [0.2, 0.25) is 0 Å². The van der Waals surface area contributed by atoms with Gasteiger partial charge in [0.25, 0.3) is 5.91 Å². The van der Waals surface area contributed by atoms with Crippen LogP contribution in [0.3, 0.4) is 0 Å². The Morgan fingerprint density at radius 3 is 2.27 bits per heavy atom. The van der Waals surface area contributed by atoms with Crippen molar-refractivity contribution in [1.29, 1.82) is 0 Å². The van der Waals surface area contributed by atoms with E-state index in [1.165, 1.54) is 0 Å². The summed E-state index contributed by atoms with van der Waals surface area (Å²) >= 11 is 1.82. The highest BCUT2D eigenvalue weighted by atomic mass is 32.2. The number of para-hydroxylation sites is 1. The van der Waals surface area contributed by atoms with Gasteiger partial charge in [-0.2, -0.15) is 0 Å². The van der Waals surface area contributed by atoms with Gasteiger partial charge in [-0.05, 0) is 94.3 Å². The summed E-state index contributed by atoms with van der Waals surface area (Å²) < 4.78 is 5.49. The second kappa shape index (κ2) is 12.0. The van der Waals surface area contributed by atoms with Crippen molar-refractivity contribution in [2.24, 2.45) is 0 Å². The fourth-order valence-corrected chi connectivity index (χ4v) is 5.69. The largest absolute Gasteiger partial charge is 0.444 e. The third-order valence-corrected chi connectivity index (χ3v) is 7.93. The van der Waals surface area contributed by atoms with Gasteiger partial charge in [-0.3, -0.25) is 9.78 Å². The molecule has 0 unspecified atom stereocenters. The number of fused-ring (bicyclic) bond motifs is 1. The molecule has 2 amide bonds. The normalized spacial score (nSPS) is 14.1. The lowest BCUT2D eigenvalue weighted by molar-refractivity contribution is 0.0219. The van der Waals surface area contributed by atoms with Crippen LogP contribution in [0.4, 0.5) is 21.9 Å². The van der Waals surface area contributed by atoms with E-state index in [1.54, 1.807) is 11.1 Å². The summed E-state index contributed by atoms with van der Waals surface area (Å²) in [4.78, 5) is 32.5. The van der Waals surface area contributed by atoms with Crippen molar-refractivity contribution < 1.29 is 14.3 Å². The third kappa shape index (κ3) is 7.12. The van der Waals surface area contributed by atoms with Gasteiger partial charge in [-0.1, -0.05) is 18.2 Å². The summed E-state index contributed by atoms with van der Waals surface area (Å²) in [7, 11) is 0. The summed E-state index contributed by atoms with van der Waals surface area (Å²) in [6, 6.07) is 25.3. The number of ether oxygens (including phenoxy) is 1. The fraction of sp³-hybridized carbons (Fsp3) is 0.281. The number of nitrogens with zero attached hydrogens (tertiary/aromatic N) is 2. The molecule has 206 valence electrons. The van der Waals surface area contributed by atoms with Crippen LogP contribution in [-0.2, 0) is 4.74 Å². The molecule has 1 aromatic heterocycles. The maximum atomic E-state index is 12.8. The van der Waals surface area contributed by atoms with E-state index in [2.05, 4.69) is 15.6 Å². The average Bonchev–Trinajstić information content (AvgIpc) is 2.94. The maximum Gasteiger partial charge on any atom is 0.410 e. The molecule has 1 aliphatic rings. The van der Waals surface area contributed by atoms with E-state index in [1.807, 2.05) is 111 Å². The molecule has 5 rings (SSSR count). The number of benzene rings is 3. The third-order valence-electron chi connectivity index (χ3n) is 6.58. The van der Waals surface area contributed by atoms with Crippen molar-refractivity contribution in [2.75, 3.05) is 23.7 Å². The molecule has 8 heteroatoms. The van der Waals surface area contributed by atoms with Gasteiger partial charge in [0.05, 0.1) is 5.52 Å². The number of amides is 2. The van der Waals surface area contributed by atoms with Crippen LogP contribution in [0, 0.1) is 0 Å². The number of aromatic nitrogens is 1. The Bertz CT molecular complexity index is 1470. The smallest absolute Gasteiger partial charge is 0.410 e. The van der Waals surface area contributed by atoms with Gasteiger partial charge >= 0.3 is 6.09 Å². The Balaban J connectivity index is 1.11. The van der Waals surface area contributed by atoms with Crippen LogP contribution in [0.15, 0.2) is 90.0 Å². The van der Waals surface area contributed by atoms with E-state index in [9.17, 15) is 9.59 Å². The van der Waals surface area contributed by atoms with Gasteiger partial charge in [0.2, 0.25) is 0 Å². The molecule has 1 fully saturated rings. The summed E-state index contributed by atoms with van der Waals surface area (Å²) in [6.45, 7) is 7.07. The lowest BCUT2D eigenvalue weighted by Gasteiger charge is -2.33. The number of likely N-dealkylation sites (tertiary alicyclic amines) is 1. The van der Waals surface area contributed by atoms with Crippen LogP contribution in [-0.4, -0.2) is 45.8 Å². The standard InChI is InChI=1S/C32H34N4O3S/c1-32(2,3)39-31(38)36-20-17-26(18-21-36)40-25-14-12-24(13-15-25)35-30(37)22-8-10-23(11-9-22)34-29-16-19-33-28-7-5-4-6-27(28)29/h4-16,19,26H,17-18,20-21H2,1-3H3,(H,33,34)(H,35,37). The van der Waals surface area contributed by atoms with Gasteiger partial charge in [0.1, 0.15) is 5.60 Å². The lowest BCUT2D eigenvalue weighted by atomic mass is 10.1. The fourth-order valence-electron chi connectivity index (χ4n) is 4.56. The second-order valence-electron chi connectivity index (χ2n) is 10.8. The first-order valence-electron chi connectivity index (χ1n) is 13.5. The van der Waals surface area contributed by atoms with Gasteiger partial charge in [0.15, 0.2) is 0 Å². The first-order valence-corrected chi connectivity index (χ1v) is 14.4. The van der Waals surface area contributed by atoms with E-state index in [0.29, 0.717) is 23.9 Å². The zero-order valence-electron chi connectivity index (χ0n) is 23.0. The van der Waals surface area contributed by atoms with Crippen molar-refractivity contribution >= 4 is 51.7 Å². The van der Waals surface area contributed by atoms with E-state index in [4.69, 9.17) is 4.74 Å². The number of hydrogen-bond donors (Lipinski definition) is 2. The van der Waals surface area contributed by atoms with E-state index in [0.717, 1.165) is 45.7 Å². The van der Waals surface area contributed by atoms with E-state index in [-0.39, 0.29) is 12.0 Å². The predicted molar refractivity (Wildman–Crippen MR) is 163 cm³/mol. The Hall–Kier alpha value is -4.04. The number of piperidine rings is 1. The first-order chi connectivity index (χ1) is 19.2. The molecule has 0 bridgehead atoms. The Morgan fingerprint density at radius 1 is 0.900 bits per heavy atom. The molecule has 3 aromatic carbocycles. The molecule has 4 aromatic rings. The zero-order chi connectivity index (χ0) is 28.1. The number of pyridine rings is 1. The number of rotatable bonds is 6. The Kier molecular flexibility index (Phi) is 8.26. The topological polar surface area (TPSA) is 83.6 Å². The Labute approximate surface area is 239 Å². The molecule has 1 saturated heterocycles. The highest BCUT2D eigenvalue weighted by Crippen LogP contribution is 2.32. The van der Waals surface area contributed by atoms with E-state index >= 15 is 0 Å². The Morgan fingerprint density at radius 2 is 1.57 bits per heavy atom. The van der Waals surface area contributed by atoms with Crippen LogP contribution in [0.25, 0.3) is 10.9 Å². The molecule has 0 radical (unpaired) electrons. The highest BCUT2D eigenvalue weighted by Gasteiger charge is 2.27. The highest BCUT2D eigenvalue weighted by molar-refractivity contribution is 8.00. The molecule has 0 atom stereocenters. The first kappa shape index (κ1) is 27.5. The minimum absolute atomic E-state index is 0.157. The summed E-state index contributed by atoms with van der Waals surface area (Å²) in [5.74, 6) is -0.157. The van der Waals surface area contributed by atoms with Crippen molar-refractivity contribution in [3.63, 3.8) is 0 Å². The molecular formula is C32H34N4O3S. The molecular weight excluding hydrogens is 520 g/mol. The summed E-state index contributed by atoms with van der Waals surface area (Å²) in [6.07, 6.45) is 3.39. The molecule has 0 spiro atoms. The van der Waals surface area contributed by atoms with Crippen LogP contribution < -0.4 is 10.6 Å². The monoisotopic (exact) mass is 554 g/mol.